The molecule has 0 bridgehead atoms. The molecule has 0 spiro atoms. The van der Waals surface area contributed by atoms with E-state index in [0.29, 0.717) is 24.3 Å². The van der Waals surface area contributed by atoms with Crippen molar-refractivity contribution in [1.82, 2.24) is 19.7 Å². The number of hydrogen-bond acceptors (Lipinski definition) is 7. The van der Waals surface area contributed by atoms with Crippen LogP contribution >= 0.6 is 12.6 Å². The van der Waals surface area contributed by atoms with Crippen LogP contribution in [0.5, 0.6) is 5.75 Å². The number of hydrogen-bond donors (Lipinski definition) is 3. The fraction of sp³-hybridized carbons (Fsp3) is 0.481. The number of aromatic nitrogens is 3. The molecular formula is C27H36B4N4O3S. The molecule has 1 fully saturated rings. The van der Waals surface area contributed by atoms with Crippen molar-refractivity contribution in [2.45, 2.75) is 45.2 Å². The van der Waals surface area contributed by atoms with Crippen molar-refractivity contribution in [2.75, 3.05) is 26.0 Å². The first-order chi connectivity index (χ1) is 18.1. The average Bonchev–Trinajstić information content (AvgIpc) is 3.29. The zero-order valence-corrected chi connectivity index (χ0v) is 23.1. The molecule has 200 valence electrons. The number of thiol groups is 1. The van der Waals surface area contributed by atoms with Crippen LogP contribution in [0.2, 0.25) is 0 Å². The van der Waals surface area contributed by atoms with E-state index in [4.69, 9.17) is 36.1 Å². The number of piperidine rings is 1. The van der Waals surface area contributed by atoms with Crippen molar-refractivity contribution >= 4 is 55.1 Å². The summed E-state index contributed by atoms with van der Waals surface area (Å²) in [5.74, 6) is -0.420. The Hall–Kier alpha value is -2.13. The first-order valence-corrected chi connectivity index (χ1v) is 13.3. The third-order valence-corrected chi connectivity index (χ3v) is 6.85. The lowest BCUT2D eigenvalue weighted by Crippen LogP contribution is -2.47. The number of ether oxygens (including phenoxy) is 1. The van der Waals surface area contributed by atoms with Crippen LogP contribution in [0.1, 0.15) is 32.8 Å². The maximum absolute atomic E-state index is 10.5. The highest BCUT2D eigenvalue weighted by molar-refractivity contribution is 7.79. The molecule has 1 unspecified atom stereocenters. The normalized spacial score (nSPS) is 17.1. The van der Waals surface area contributed by atoms with Gasteiger partial charge in [0.1, 0.15) is 37.1 Å². The molecule has 1 saturated heterocycles. The summed E-state index contributed by atoms with van der Waals surface area (Å²) in [6, 6.07) is 9.57. The van der Waals surface area contributed by atoms with E-state index >= 15 is 0 Å². The molecule has 2 atom stereocenters. The van der Waals surface area contributed by atoms with Crippen molar-refractivity contribution in [2.24, 2.45) is 13.0 Å². The molecular weight excluding hydrogens is 504 g/mol. The number of aryl methyl sites for hydroxylation is 1. The molecule has 7 nitrogen and oxygen atoms in total. The van der Waals surface area contributed by atoms with E-state index in [1.165, 1.54) is 0 Å². The van der Waals surface area contributed by atoms with Gasteiger partial charge in [0, 0.05) is 54.8 Å². The SMILES string of the molecule is C.CS.[B]c1cc(-c2cc(-c3ccc(CN4CCCC([C@](C)(O)CO)C4)c(OC([B])[B])c3)nn2C)cnc1[B]. The van der Waals surface area contributed by atoms with Crippen molar-refractivity contribution in [3.05, 3.63) is 42.1 Å². The Bertz CT molecular complexity index is 1230. The summed E-state index contributed by atoms with van der Waals surface area (Å²) in [5, 5.41) is 24.8. The lowest BCUT2D eigenvalue weighted by Gasteiger charge is -2.39. The van der Waals surface area contributed by atoms with Crippen LogP contribution in [-0.4, -0.2) is 98.7 Å². The van der Waals surface area contributed by atoms with Gasteiger partial charge in [-0.2, -0.15) is 17.7 Å². The molecule has 8 radical (unpaired) electrons. The van der Waals surface area contributed by atoms with Gasteiger partial charge in [-0.15, -0.1) is 0 Å². The minimum Gasteiger partial charge on any atom is -0.510 e. The summed E-state index contributed by atoms with van der Waals surface area (Å²) in [7, 11) is 25.1. The molecule has 3 aromatic rings. The van der Waals surface area contributed by atoms with Gasteiger partial charge in [0.15, 0.2) is 0 Å². The third kappa shape index (κ3) is 8.19. The van der Waals surface area contributed by atoms with Gasteiger partial charge in [-0.3, -0.25) is 14.6 Å². The van der Waals surface area contributed by atoms with Crippen LogP contribution in [0.3, 0.4) is 0 Å². The van der Waals surface area contributed by atoms with Crippen molar-refractivity contribution in [1.29, 1.82) is 0 Å². The predicted molar refractivity (Wildman–Crippen MR) is 166 cm³/mol. The highest BCUT2D eigenvalue weighted by atomic mass is 32.1. The highest BCUT2D eigenvalue weighted by Crippen LogP contribution is 2.33. The van der Waals surface area contributed by atoms with Crippen LogP contribution in [0.4, 0.5) is 0 Å². The maximum atomic E-state index is 10.5. The van der Waals surface area contributed by atoms with Gasteiger partial charge in [0.25, 0.3) is 0 Å². The van der Waals surface area contributed by atoms with E-state index in [2.05, 4.69) is 27.6 Å². The van der Waals surface area contributed by atoms with Crippen LogP contribution in [0, 0.1) is 5.92 Å². The Morgan fingerprint density at radius 1 is 1.18 bits per heavy atom. The second-order valence-corrected chi connectivity index (χ2v) is 9.73. The molecule has 0 amide bonds. The van der Waals surface area contributed by atoms with Gasteiger partial charge < -0.3 is 14.9 Å². The summed E-state index contributed by atoms with van der Waals surface area (Å²) in [6.07, 6.45) is 5.17. The molecule has 39 heavy (non-hydrogen) atoms. The molecule has 1 aromatic carbocycles. The first-order valence-electron chi connectivity index (χ1n) is 12.4. The van der Waals surface area contributed by atoms with Crippen molar-refractivity contribution in [3.63, 3.8) is 0 Å². The van der Waals surface area contributed by atoms with Gasteiger partial charge >= 0.3 is 0 Å². The summed E-state index contributed by atoms with van der Waals surface area (Å²) in [6.45, 7) is 3.59. The van der Waals surface area contributed by atoms with E-state index in [0.717, 1.165) is 47.5 Å². The zero-order valence-electron chi connectivity index (χ0n) is 22.2. The topological polar surface area (TPSA) is 83.6 Å². The molecule has 2 N–H and O–H groups in total. The number of aliphatic hydroxyl groups excluding tert-OH is 1. The fourth-order valence-electron chi connectivity index (χ4n) is 4.69. The lowest BCUT2D eigenvalue weighted by molar-refractivity contribution is -0.0697. The summed E-state index contributed by atoms with van der Waals surface area (Å²) in [4.78, 5) is 6.40. The number of aliphatic hydroxyl groups is 2. The minimum atomic E-state index is -1.11. The molecule has 4 rings (SSSR count). The van der Waals surface area contributed by atoms with Crippen LogP contribution in [-0.2, 0) is 13.6 Å². The Morgan fingerprint density at radius 2 is 1.90 bits per heavy atom. The second-order valence-electron chi connectivity index (χ2n) is 9.73. The highest BCUT2D eigenvalue weighted by Gasteiger charge is 2.34. The van der Waals surface area contributed by atoms with E-state index in [9.17, 15) is 10.2 Å². The quantitative estimate of drug-likeness (QED) is 0.291. The number of pyridine rings is 1. The summed E-state index contributed by atoms with van der Waals surface area (Å²) in [5.41, 5.74) is 3.73. The molecule has 3 heterocycles. The molecule has 0 saturated carbocycles. The number of nitrogens with zero attached hydrogens (tertiary/aromatic N) is 4. The predicted octanol–water partition coefficient (Wildman–Crippen LogP) is 0.874. The minimum absolute atomic E-state index is 0. The molecule has 1 aliphatic heterocycles. The lowest BCUT2D eigenvalue weighted by atomic mass is 9.82. The smallest absolute Gasteiger partial charge is 0.140 e. The summed E-state index contributed by atoms with van der Waals surface area (Å²) >= 11 is 3.53. The summed E-state index contributed by atoms with van der Waals surface area (Å²) < 4.78 is 7.54. The monoisotopic (exact) mass is 540 g/mol. The fourth-order valence-corrected chi connectivity index (χ4v) is 4.69. The van der Waals surface area contributed by atoms with Crippen molar-refractivity contribution < 1.29 is 14.9 Å². The van der Waals surface area contributed by atoms with E-state index in [-0.39, 0.29) is 25.5 Å². The maximum Gasteiger partial charge on any atom is 0.140 e. The van der Waals surface area contributed by atoms with Gasteiger partial charge in [-0.1, -0.05) is 31.1 Å². The Morgan fingerprint density at radius 3 is 2.54 bits per heavy atom. The average molecular weight is 540 g/mol. The van der Waals surface area contributed by atoms with Crippen molar-refractivity contribution in [3.8, 4) is 28.3 Å². The largest absolute Gasteiger partial charge is 0.510 e. The zero-order chi connectivity index (χ0) is 28.0. The molecule has 12 heteroatoms. The van der Waals surface area contributed by atoms with Gasteiger partial charge in [-0.05, 0) is 50.3 Å². The molecule has 0 aliphatic carbocycles. The Balaban J connectivity index is 0.00000174. The number of benzene rings is 1. The van der Waals surface area contributed by atoms with Crippen LogP contribution in [0.25, 0.3) is 22.5 Å². The molecule has 2 aromatic heterocycles. The van der Waals surface area contributed by atoms with Gasteiger partial charge in [-0.25, -0.2) is 0 Å². The van der Waals surface area contributed by atoms with E-state index in [1.807, 2.05) is 31.3 Å². The standard InChI is InChI=1S/C25H28B4N4O3.CH4S.CH4/c1-25(35,14-34)18-4-3-7-33(13-18)12-16-6-5-15(9-22(16)36-24(28)29)20-10-21(32(2)31-20)17-8-19(26)23(27)30-11-17;1-2;/h5-6,8-11,18,24,34-35H,3-4,7,12-14H2,1-2H3;2H,1H3;1H4/t18?,25-;;/m1../s1. The first kappa shape index (κ1) is 33.1. The number of rotatable bonds is 8. The van der Waals surface area contributed by atoms with Crippen LogP contribution in [0.15, 0.2) is 36.5 Å². The van der Waals surface area contributed by atoms with Crippen LogP contribution < -0.4 is 15.8 Å². The van der Waals surface area contributed by atoms with Gasteiger partial charge in [0.05, 0.1) is 23.6 Å². The third-order valence-electron chi connectivity index (χ3n) is 6.85. The number of likely N-dealkylation sites (tertiary alicyclic amines) is 1. The Labute approximate surface area is 243 Å². The van der Waals surface area contributed by atoms with Gasteiger partial charge in [0.2, 0.25) is 0 Å². The van der Waals surface area contributed by atoms with E-state index < -0.39 is 11.5 Å². The van der Waals surface area contributed by atoms with E-state index in [1.54, 1.807) is 30.1 Å². The second kappa shape index (κ2) is 14.5. The molecule has 1 aliphatic rings. The Kier molecular flexibility index (Phi) is 12.3.